The van der Waals surface area contributed by atoms with Gasteiger partial charge in [-0.15, -0.1) is 0 Å². The smallest absolute Gasteiger partial charge is 0.256 e. The molecule has 5 heteroatoms. The molecule has 0 fully saturated rings. The normalized spacial score (nSPS) is 13.6. The Morgan fingerprint density at radius 1 is 1.17 bits per heavy atom. The van der Waals surface area contributed by atoms with Crippen LogP contribution in [0.15, 0.2) is 24.3 Å². The van der Waals surface area contributed by atoms with Gasteiger partial charge in [0, 0.05) is 19.4 Å². The van der Waals surface area contributed by atoms with Gasteiger partial charge in [0.05, 0.1) is 6.61 Å². The Balaban J connectivity index is 2.68. The molecule has 0 aromatic heterocycles. The van der Waals surface area contributed by atoms with Gasteiger partial charge in [-0.25, -0.2) is 0 Å². The van der Waals surface area contributed by atoms with Gasteiger partial charge in [-0.05, 0) is 49.9 Å². The van der Waals surface area contributed by atoms with Crippen molar-refractivity contribution in [3.63, 3.8) is 0 Å². The number of nitrogens with one attached hydrogen (secondary N) is 1. The minimum absolute atomic E-state index is 0.113. The molecule has 0 spiro atoms. The van der Waals surface area contributed by atoms with Crippen molar-refractivity contribution < 1.29 is 19.0 Å². The molecule has 1 amide bonds. The molecular formula is C19H31NO4. The zero-order valence-corrected chi connectivity index (χ0v) is 15.6. The minimum atomic E-state index is -0.822. The molecule has 1 aromatic rings. The first kappa shape index (κ1) is 20.5. The highest BCUT2D eigenvalue weighted by Gasteiger charge is 2.34. The molecule has 0 aliphatic heterocycles. The summed E-state index contributed by atoms with van der Waals surface area (Å²) in [5, 5.41) is 2.95. The molecule has 1 atom stereocenters. The second-order valence-corrected chi connectivity index (χ2v) is 6.50. The van der Waals surface area contributed by atoms with Crippen LogP contribution in [0.5, 0.6) is 5.75 Å². The molecule has 0 aliphatic rings. The Kier molecular flexibility index (Phi) is 8.79. The van der Waals surface area contributed by atoms with E-state index in [2.05, 4.69) is 19.2 Å². The van der Waals surface area contributed by atoms with Crippen LogP contribution in [0.4, 0.5) is 5.69 Å². The Morgan fingerprint density at radius 2 is 1.83 bits per heavy atom. The van der Waals surface area contributed by atoms with Crippen LogP contribution < -0.4 is 10.1 Å². The number of ether oxygens (including phenoxy) is 3. The number of hydrogen-bond donors (Lipinski definition) is 1. The third-order valence-corrected chi connectivity index (χ3v) is 3.57. The van der Waals surface area contributed by atoms with Crippen LogP contribution in [0.1, 0.15) is 40.5 Å². The summed E-state index contributed by atoms with van der Waals surface area (Å²) in [5.74, 6) is 1.00. The number of rotatable bonds is 11. The first-order chi connectivity index (χ1) is 11.4. The molecule has 0 aliphatic carbocycles. The molecule has 0 unspecified atom stereocenters. The molecule has 1 aromatic carbocycles. The van der Waals surface area contributed by atoms with E-state index in [1.165, 1.54) is 0 Å². The van der Waals surface area contributed by atoms with E-state index >= 15 is 0 Å². The average Bonchev–Trinajstić information content (AvgIpc) is 2.54. The molecule has 0 radical (unpaired) electrons. The fourth-order valence-corrected chi connectivity index (χ4v) is 2.46. The van der Waals surface area contributed by atoms with Crippen molar-refractivity contribution in [2.45, 2.75) is 46.1 Å². The SMILES string of the molecule is CCCO[C@@](C)(CC(C)C)C(=O)Nc1ccc(OCCOC)cc1. The van der Waals surface area contributed by atoms with E-state index in [9.17, 15) is 4.79 Å². The maximum absolute atomic E-state index is 12.7. The second-order valence-electron chi connectivity index (χ2n) is 6.50. The quantitative estimate of drug-likeness (QED) is 0.623. The van der Waals surface area contributed by atoms with Crippen LogP contribution in [0.3, 0.4) is 0 Å². The summed E-state index contributed by atoms with van der Waals surface area (Å²) in [6.07, 6.45) is 1.56. The van der Waals surface area contributed by atoms with E-state index in [-0.39, 0.29) is 5.91 Å². The maximum atomic E-state index is 12.7. The fourth-order valence-electron chi connectivity index (χ4n) is 2.46. The molecule has 0 saturated carbocycles. The molecule has 1 N–H and O–H groups in total. The standard InChI is InChI=1S/C19H31NO4/c1-6-11-24-19(4,14-15(2)3)18(21)20-16-7-9-17(10-8-16)23-13-12-22-5/h7-10,15H,6,11-14H2,1-5H3,(H,20,21)/t19-/m0/s1. The van der Waals surface area contributed by atoms with Gasteiger partial charge in [0.2, 0.25) is 0 Å². The van der Waals surface area contributed by atoms with Gasteiger partial charge >= 0.3 is 0 Å². The topological polar surface area (TPSA) is 56.8 Å². The van der Waals surface area contributed by atoms with Crippen molar-refractivity contribution in [3.8, 4) is 5.75 Å². The Labute approximate surface area is 145 Å². The van der Waals surface area contributed by atoms with Gasteiger partial charge in [-0.1, -0.05) is 20.8 Å². The Bertz CT molecular complexity index is 487. The van der Waals surface area contributed by atoms with Crippen LogP contribution in [-0.2, 0) is 14.3 Å². The highest BCUT2D eigenvalue weighted by molar-refractivity contribution is 5.97. The summed E-state index contributed by atoms with van der Waals surface area (Å²) in [6, 6.07) is 7.32. The van der Waals surface area contributed by atoms with Gasteiger partial charge in [0.15, 0.2) is 0 Å². The van der Waals surface area contributed by atoms with Crippen LogP contribution in [0.25, 0.3) is 0 Å². The zero-order chi connectivity index (χ0) is 18.0. The van der Waals surface area contributed by atoms with Crippen molar-refractivity contribution in [3.05, 3.63) is 24.3 Å². The third kappa shape index (κ3) is 6.89. The number of anilines is 1. The number of benzene rings is 1. The van der Waals surface area contributed by atoms with E-state index in [0.29, 0.717) is 32.2 Å². The van der Waals surface area contributed by atoms with Crippen molar-refractivity contribution >= 4 is 11.6 Å². The van der Waals surface area contributed by atoms with Crippen LogP contribution in [-0.4, -0.2) is 38.4 Å². The number of methoxy groups -OCH3 is 1. The molecule has 0 heterocycles. The van der Waals surface area contributed by atoms with Crippen molar-refractivity contribution in [1.82, 2.24) is 0 Å². The van der Waals surface area contributed by atoms with Crippen LogP contribution in [0, 0.1) is 5.92 Å². The fraction of sp³-hybridized carbons (Fsp3) is 0.632. The highest BCUT2D eigenvalue weighted by atomic mass is 16.5. The predicted octanol–water partition coefficient (Wildman–Crippen LogP) is 3.88. The van der Waals surface area contributed by atoms with Crippen LogP contribution in [0.2, 0.25) is 0 Å². The molecule has 0 bridgehead atoms. The van der Waals surface area contributed by atoms with E-state index in [0.717, 1.165) is 17.9 Å². The average molecular weight is 337 g/mol. The number of hydrogen-bond acceptors (Lipinski definition) is 4. The molecule has 0 saturated heterocycles. The Morgan fingerprint density at radius 3 is 2.38 bits per heavy atom. The van der Waals surface area contributed by atoms with E-state index in [4.69, 9.17) is 14.2 Å². The lowest BCUT2D eigenvalue weighted by atomic mass is 9.93. The van der Waals surface area contributed by atoms with Gasteiger partial charge < -0.3 is 19.5 Å². The lowest BCUT2D eigenvalue weighted by molar-refractivity contribution is -0.141. The second kappa shape index (κ2) is 10.3. The highest BCUT2D eigenvalue weighted by Crippen LogP contribution is 2.24. The Hall–Kier alpha value is -1.59. The summed E-state index contributed by atoms with van der Waals surface area (Å²) < 4.78 is 16.3. The van der Waals surface area contributed by atoms with Gasteiger partial charge in [-0.3, -0.25) is 4.79 Å². The van der Waals surface area contributed by atoms with Crippen LogP contribution >= 0.6 is 0 Å². The summed E-state index contributed by atoms with van der Waals surface area (Å²) in [4.78, 5) is 12.7. The lowest BCUT2D eigenvalue weighted by Gasteiger charge is -2.30. The number of carbonyl (C=O) groups is 1. The summed E-state index contributed by atoms with van der Waals surface area (Å²) in [6.45, 7) is 9.69. The summed E-state index contributed by atoms with van der Waals surface area (Å²) in [7, 11) is 1.64. The van der Waals surface area contributed by atoms with Gasteiger partial charge in [0.25, 0.3) is 5.91 Å². The van der Waals surface area contributed by atoms with E-state index in [1.54, 1.807) is 7.11 Å². The number of carbonyl (C=O) groups excluding carboxylic acids is 1. The molecular weight excluding hydrogens is 306 g/mol. The van der Waals surface area contributed by atoms with E-state index < -0.39 is 5.60 Å². The number of amides is 1. The monoisotopic (exact) mass is 337 g/mol. The van der Waals surface area contributed by atoms with Gasteiger partial charge in [0.1, 0.15) is 18.0 Å². The zero-order valence-electron chi connectivity index (χ0n) is 15.6. The van der Waals surface area contributed by atoms with Crippen molar-refractivity contribution in [2.75, 3.05) is 32.2 Å². The summed E-state index contributed by atoms with van der Waals surface area (Å²) >= 11 is 0. The minimum Gasteiger partial charge on any atom is -0.491 e. The van der Waals surface area contributed by atoms with E-state index in [1.807, 2.05) is 38.1 Å². The molecule has 136 valence electrons. The summed E-state index contributed by atoms with van der Waals surface area (Å²) in [5.41, 5.74) is -0.0909. The largest absolute Gasteiger partial charge is 0.491 e. The molecule has 24 heavy (non-hydrogen) atoms. The lowest BCUT2D eigenvalue weighted by Crippen LogP contribution is -2.44. The molecule has 5 nitrogen and oxygen atoms in total. The van der Waals surface area contributed by atoms with Crippen molar-refractivity contribution in [2.24, 2.45) is 5.92 Å². The van der Waals surface area contributed by atoms with Crippen molar-refractivity contribution in [1.29, 1.82) is 0 Å². The van der Waals surface area contributed by atoms with Gasteiger partial charge in [-0.2, -0.15) is 0 Å². The first-order valence-electron chi connectivity index (χ1n) is 8.58. The predicted molar refractivity (Wildman–Crippen MR) is 96.5 cm³/mol. The first-order valence-corrected chi connectivity index (χ1v) is 8.58. The molecule has 1 rings (SSSR count). The maximum Gasteiger partial charge on any atom is 0.256 e. The third-order valence-electron chi connectivity index (χ3n) is 3.57.